The van der Waals surface area contributed by atoms with E-state index in [0.717, 1.165) is 43.0 Å². The van der Waals surface area contributed by atoms with Crippen molar-refractivity contribution in [3.8, 4) is 0 Å². The van der Waals surface area contributed by atoms with Gasteiger partial charge in [-0.2, -0.15) is 11.8 Å². The van der Waals surface area contributed by atoms with Crippen molar-refractivity contribution in [3.05, 3.63) is 59.2 Å². The van der Waals surface area contributed by atoms with Crippen molar-refractivity contribution >= 4 is 39.3 Å². The largest absolute Gasteiger partial charge is 0.341 e. The van der Waals surface area contributed by atoms with Crippen LogP contribution in [0.2, 0.25) is 0 Å². The molecule has 1 saturated carbocycles. The lowest BCUT2D eigenvalue weighted by Gasteiger charge is -2.26. The third kappa shape index (κ3) is 5.70. The van der Waals surface area contributed by atoms with Gasteiger partial charge in [0.05, 0.1) is 11.3 Å². The summed E-state index contributed by atoms with van der Waals surface area (Å²) < 4.78 is 27.6. The van der Waals surface area contributed by atoms with E-state index in [1.54, 1.807) is 25.1 Å². The zero-order valence-corrected chi connectivity index (χ0v) is 19.6. The Bertz CT molecular complexity index is 1110. The number of amides is 2. The van der Waals surface area contributed by atoms with Crippen molar-refractivity contribution in [2.45, 2.75) is 37.1 Å². The molecule has 0 aromatic heterocycles. The van der Waals surface area contributed by atoms with Crippen molar-refractivity contribution in [2.75, 3.05) is 29.9 Å². The van der Waals surface area contributed by atoms with E-state index in [2.05, 4.69) is 10.0 Å². The van der Waals surface area contributed by atoms with Crippen LogP contribution in [-0.2, 0) is 21.2 Å². The molecule has 2 aliphatic rings. The van der Waals surface area contributed by atoms with Gasteiger partial charge in [0.2, 0.25) is 15.9 Å². The zero-order chi connectivity index (χ0) is 22.7. The molecule has 0 atom stereocenters. The van der Waals surface area contributed by atoms with E-state index in [1.807, 2.05) is 28.8 Å². The van der Waals surface area contributed by atoms with E-state index in [-0.39, 0.29) is 22.8 Å². The summed E-state index contributed by atoms with van der Waals surface area (Å²) in [5, 5.41) is 2.82. The Labute approximate surface area is 193 Å². The van der Waals surface area contributed by atoms with Crippen LogP contribution in [0.3, 0.4) is 0 Å². The van der Waals surface area contributed by atoms with Gasteiger partial charge in [0.25, 0.3) is 5.91 Å². The first kappa shape index (κ1) is 22.8. The number of carbonyl (C=O) groups is 2. The molecular weight excluding hydrogens is 446 g/mol. The number of hydrogen-bond acceptors (Lipinski definition) is 5. The van der Waals surface area contributed by atoms with Crippen LogP contribution in [0.15, 0.2) is 47.4 Å². The maximum Gasteiger partial charge on any atom is 0.255 e. The molecule has 0 radical (unpaired) electrons. The van der Waals surface area contributed by atoms with Gasteiger partial charge in [0.1, 0.15) is 0 Å². The van der Waals surface area contributed by atoms with E-state index < -0.39 is 10.0 Å². The number of nitrogens with zero attached hydrogens (tertiary/aromatic N) is 1. The first-order valence-corrected chi connectivity index (χ1v) is 13.3. The maximum absolute atomic E-state index is 12.8. The Kier molecular flexibility index (Phi) is 6.88. The third-order valence-corrected chi connectivity index (χ3v) is 8.05. The average molecular weight is 474 g/mol. The predicted octanol–water partition coefficient (Wildman–Crippen LogP) is 2.81. The molecule has 32 heavy (non-hydrogen) atoms. The topological polar surface area (TPSA) is 95.6 Å². The summed E-state index contributed by atoms with van der Waals surface area (Å²) >= 11 is 1.87. The second-order valence-corrected chi connectivity index (χ2v) is 11.1. The first-order valence-electron chi connectivity index (χ1n) is 10.7. The smallest absolute Gasteiger partial charge is 0.255 e. The highest BCUT2D eigenvalue weighted by molar-refractivity contribution is 7.99. The van der Waals surface area contributed by atoms with Gasteiger partial charge in [-0.05, 0) is 55.2 Å². The fourth-order valence-electron chi connectivity index (χ4n) is 3.51. The maximum atomic E-state index is 12.8. The predicted molar refractivity (Wildman–Crippen MR) is 127 cm³/mol. The number of aryl methyl sites for hydroxylation is 1. The highest BCUT2D eigenvalue weighted by Crippen LogP contribution is 2.24. The van der Waals surface area contributed by atoms with Crippen molar-refractivity contribution in [2.24, 2.45) is 0 Å². The van der Waals surface area contributed by atoms with Gasteiger partial charge in [-0.3, -0.25) is 9.59 Å². The van der Waals surface area contributed by atoms with Gasteiger partial charge < -0.3 is 10.2 Å². The lowest BCUT2D eigenvalue weighted by Crippen LogP contribution is -2.38. The molecule has 2 amide bonds. The lowest BCUT2D eigenvalue weighted by atomic mass is 10.1. The number of anilines is 1. The summed E-state index contributed by atoms with van der Waals surface area (Å²) in [4.78, 5) is 27.2. The molecule has 2 fully saturated rings. The van der Waals surface area contributed by atoms with Gasteiger partial charge in [-0.25, -0.2) is 13.1 Å². The summed E-state index contributed by atoms with van der Waals surface area (Å²) in [7, 11) is -3.64. The van der Waals surface area contributed by atoms with Gasteiger partial charge in [0.15, 0.2) is 0 Å². The van der Waals surface area contributed by atoms with Gasteiger partial charge in [0, 0.05) is 41.9 Å². The fraction of sp³-hybridized carbons (Fsp3) is 0.391. The molecule has 0 spiro atoms. The summed E-state index contributed by atoms with van der Waals surface area (Å²) in [6.45, 7) is 3.36. The van der Waals surface area contributed by atoms with Crippen molar-refractivity contribution in [1.29, 1.82) is 0 Å². The number of hydrogen-bond donors (Lipinski definition) is 2. The molecule has 1 aliphatic carbocycles. The minimum absolute atomic E-state index is 0.00206. The van der Waals surface area contributed by atoms with Crippen LogP contribution in [0.25, 0.3) is 0 Å². The summed E-state index contributed by atoms with van der Waals surface area (Å²) in [6, 6.07) is 11.8. The normalized spacial score (nSPS) is 16.6. The number of sulfonamides is 1. The van der Waals surface area contributed by atoms with Crippen molar-refractivity contribution in [1.82, 2.24) is 9.62 Å². The number of carbonyl (C=O) groups excluding carboxylic acids is 2. The van der Waals surface area contributed by atoms with Crippen LogP contribution in [0, 0.1) is 6.92 Å². The Morgan fingerprint density at radius 3 is 2.41 bits per heavy atom. The standard InChI is InChI=1S/C23H27N3O4S2/c1-16-2-9-20(32(29,30)25-19-7-8-19)15-21(16)23(28)24-18-5-3-17(4-6-18)14-22(27)26-10-12-31-13-11-26/h2-6,9,15,19,25H,7-8,10-14H2,1H3,(H,24,28). The van der Waals surface area contributed by atoms with E-state index >= 15 is 0 Å². The van der Waals surface area contributed by atoms with Crippen LogP contribution in [-0.4, -0.2) is 55.8 Å². The Morgan fingerprint density at radius 2 is 1.75 bits per heavy atom. The molecule has 9 heteroatoms. The van der Waals surface area contributed by atoms with E-state index in [0.29, 0.717) is 23.2 Å². The summed E-state index contributed by atoms with van der Waals surface area (Å²) in [5.74, 6) is 1.71. The molecule has 4 rings (SSSR count). The quantitative estimate of drug-likeness (QED) is 0.645. The minimum atomic E-state index is -3.64. The second-order valence-electron chi connectivity index (χ2n) is 8.19. The summed E-state index contributed by atoms with van der Waals surface area (Å²) in [5.41, 5.74) is 2.48. The first-order chi connectivity index (χ1) is 15.3. The number of thioether (sulfide) groups is 1. The second kappa shape index (κ2) is 9.64. The van der Waals surface area contributed by atoms with Crippen molar-refractivity contribution in [3.63, 3.8) is 0 Å². The molecule has 2 aromatic carbocycles. The third-order valence-electron chi connectivity index (χ3n) is 5.59. The van der Waals surface area contributed by atoms with Gasteiger partial charge in [-0.1, -0.05) is 18.2 Å². The van der Waals surface area contributed by atoms with Crippen LogP contribution in [0.1, 0.15) is 34.3 Å². The molecule has 1 saturated heterocycles. The molecule has 170 valence electrons. The highest BCUT2D eigenvalue weighted by atomic mass is 32.2. The SMILES string of the molecule is Cc1ccc(S(=O)(=O)NC2CC2)cc1C(=O)Nc1ccc(CC(=O)N2CCSCC2)cc1. The number of nitrogens with one attached hydrogen (secondary N) is 2. The summed E-state index contributed by atoms with van der Waals surface area (Å²) in [6.07, 6.45) is 2.03. The molecule has 0 bridgehead atoms. The molecule has 7 nitrogen and oxygen atoms in total. The zero-order valence-electron chi connectivity index (χ0n) is 18.0. The van der Waals surface area contributed by atoms with Gasteiger partial charge in [-0.15, -0.1) is 0 Å². The average Bonchev–Trinajstić information content (AvgIpc) is 3.59. The number of benzene rings is 2. The Balaban J connectivity index is 1.41. The monoisotopic (exact) mass is 473 g/mol. The van der Waals surface area contributed by atoms with E-state index in [9.17, 15) is 18.0 Å². The molecular formula is C23H27N3O4S2. The van der Waals surface area contributed by atoms with Gasteiger partial charge >= 0.3 is 0 Å². The molecule has 1 heterocycles. The van der Waals surface area contributed by atoms with E-state index in [1.165, 1.54) is 12.1 Å². The Hall–Kier alpha value is -2.36. The molecule has 0 unspecified atom stereocenters. The molecule has 2 aromatic rings. The van der Waals surface area contributed by atoms with Crippen LogP contribution < -0.4 is 10.0 Å². The van der Waals surface area contributed by atoms with Crippen LogP contribution >= 0.6 is 11.8 Å². The van der Waals surface area contributed by atoms with Crippen LogP contribution in [0.5, 0.6) is 0 Å². The fourth-order valence-corrected chi connectivity index (χ4v) is 5.74. The molecule has 2 N–H and O–H groups in total. The lowest BCUT2D eigenvalue weighted by molar-refractivity contribution is -0.130. The van der Waals surface area contributed by atoms with E-state index in [4.69, 9.17) is 0 Å². The highest BCUT2D eigenvalue weighted by Gasteiger charge is 2.28. The van der Waals surface area contributed by atoms with Crippen molar-refractivity contribution < 1.29 is 18.0 Å². The molecule has 1 aliphatic heterocycles. The minimum Gasteiger partial charge on any atom is -0.341 e. The van der Waals surface area contributed by atoms with Crippen LogP contribution in [0.4, 0.5) is 5.69 Å². The Morgan fingerprint density at radius 1 is 1.06 bits per heavy atom. The number of rotatable bonds is 7.